The van der Waals surface area contributed by atoms with Gasteiger partial charge >= 0.3 is 0 Å². The molecule has 0 unspecified atom stereocenters. The van der Waals surface area contributed by atoms with Crippen molar-refractivity contribution in [1.82, 2.24) is 4.90 Å². The fraction of sp³-hybridized carbons (Fsp3) is 0.529. The molecule has 1 aliphatic rings. The lowest BCUT2D eigenvalue weighted by molar-refractivity contribution is 0.173. The lowest BCUT2D eigenvalue weighted by Crippen LogP contribution is -2.36. The number of nitrogens with zero attached hydrogens (tertiary/aromatic N) is 1. The first kappa shape index (κ1) is 13.4. The molecule has 1 saturated carbocycles. The Kier molecular flexibility index (Phi) is 5.00. The lowest BCUT2D eigenvalue weighted by atomic mass is 9.83. The molecule has 0 N–H and O–H groups in total. The van der Waals surface area contributed by atoms with Crippen molar-refractivity contribution in [3.8, 4) is 0 Å². The highest BCUT2D eigenvalue weighted by Gasteiger charge is 2.24. The molecule has 0 aliphatic heterocycles. The fourth-order valence-corrected chi connectivity index (χ4v) is 3.18. The van der Waals surface area contributed by atoms with Crippen LogP contribution in [0.3, 0.4) is 0 Å². The Morgan fingerprint density at radius 1 is 1.22 bits per heavy atom. The minimum atomic E-state index is 0.533. The predicted octanol–water partition coefficient (Wildman–Crippen LogP) is 4.25. The Balaban J connectivity index is 1.96. The number of hydrogen-bond donors (Lipinski definition) is 0. The smallest absolute Gasteiger partial charge is 0.0304 e. The molecule has 1 nitrogen and oxygen atoms in total. The zero-order chi connectivity index (χ0) is 12.8. The average Bonchev–Trinajstić information content (AvgIpc) is 2.42. The summed E-state index contributed by atoms with van der Waals surface area (Å²) in [5.74, 6) is 0.810. The third kappa shape index (κ3) is 3.46. The first-order valence-electron chi connectivity index (χ1n) is 7.18. The van der Waals surface area contributed by atoms with Crippen molar-refractivity contribution in [3.63, 3.8) is 0 Å². The summed E-state index contributed by atoms with van der Waals surface area (Å²) in [5.41, 5.74) is 1.39. The monoisotopic (exact) mass is 243 g/mol. The van der Waals surface area contributed by atoms with E-state index in [-0.39, 0.29) is 0 Å². The largest absolute Gasteiger partial charge is 0.295 e. The van der Waals surface area contributed by atoms with Gasteiger partial charge in [-0.2, -0.15) is 0 Å². The molecule has 0 bridgehead atoms. The summed E-state index contributed by atoms with van der Waals surface area (Å²) in [6, 6.07) is 11.3. The van der Waals surface area contributed by atoms with E-state index in [1.165, 1.54) is 37.7 Å². The highest BCUT2D eigenvalue weighted by Crippen LogP contribution is 2.29. The summed E-state index contributed by atoms with van der Waals surface area (Å²) < 4.78 is 0. The molecule has 1 aromatic carbocycles. The van der Waals surface area contributed by atoms with Crippen molar-refractivity contribution in [2.75, 3.05) is 7.05 Å². The Hall–Kier alpha value is -1.08. The molecule has 1 atom stereocenters. The van der Waals surface area contributed by atoms with Crippen molar-refractivity contribution >= 4 is 0 Å². The van der Waals surface area contributed by atoms with Crippen LogP contribution in [0, 0.1) is 5.92 Å². The summed E-state index contributed by atoms with van der Waals surface area (Å²) in [5, 5.41) is 0. The van der Waals surface area contributed by atoms with Crippen LogP contribution >= 0.6 is 0 Å². The number of hydrogen-bond acceptors (Lipinski definition) is 1. The van der Waals surface area contributed by atoms with E-state index in [1.807, 2.05) is 0 Å². The standard InChI is InChI=1S/C17H25N/c1-3-17(16-12-8-5-9-13-16)18(2)14-15-10-6-4-7-11-15/h3-4,6-7,10-11,16-17H,1,5,8-9,12-14H2,2H3/t17-/m1/s1. The second-order valence-corrected chi connectivity index (χ2v) is 5.53. The van der Waals surface area contributed by atoms with Gasteiger partial charge in [-0.25, -0.2) is 0 Å². The van der Waals surface area contributed by atoms with Crippen LogP contribution in [0.4, 0.5) is 0 Å². The molecule has 1 aromatic rings. The van der Waals surface area contributed by atoms with Crippen LogP contribution in [0.1, 0.15) is 37.7 Å². The molecule has 18 heavy (non-hydrogen) atoms. The van der Waals surface area contributed by atoms with E-state index in [1.54, 1.807) is 0 Å². The van der Waals surface area contributed by atoms with Crippen LogP contribution in [0.25, 0.3) is 0 Å². The Morgan fingerprint density at radius 2 is 1.89 bits per heavy atom. The molecule has 0 heterocycles. The molecular weight excluding hydrogens is 218 g/mol. The van der Waals surface area contributed by atoms with Crippen molar-refractivity contribution in [1.29, 1.82) is 0 Å². The highest BCUT2D eigenvalue weighted by molar-refractivity contribution is 5.14. The van der Waals surface area contributed by atoms with Gasteiger partial charge in [-0.05, 0) is 31.4 Å². The highest BCUT2D eigenvalue weighted by atomic mass is 15.1. The molecule has 0 aromatic heterocycles. The predicted molar refractivity (Wildman–Crippen MR) is 78.5 cm³/mol. The maximum atomic E-state index is 4.06. The topological polar surface area (TPSA) is 3.24 Å². The summed E-state index contributed by atoms with van der Waals surface area (Å²) in [7, 11) is 2.23. The van der Waals surface area contributed by atoms with Crippen LogP contribution in [0.5, 0.6) is 0 Å². The minimum Gasteiger partial charge on any atom is -0.295 e. The fourth-order valence-electron chi connectivity index (χ4n) is 3.18. The van der Waals surface area contributed by atoms with Crippen molar-refractivity contribution in [3.05, 3.63) is 48.6 Å². The summed E-state index contributed by atoms with van der Waals surface area (Å²) in [6.07, 6.45) is 9.11. The summed E-state index contributed by atoms with van der Waals surface area (Å²) in [6.45, 7) is 5.08. The number of benzene rings is 1. The van der Waals surface area contributed by atoms with Gasteiger partial charge < -0.3 is 0 Å². The second-order valence-electron chi connectivity index (χ2n) is 5.53. The van der Waals surface area contributed by atoms with Gasteiger partial charge in [0.05, 0.1) is 0 Å². The quantitative estimate of drug-likeness (QED) is 0.699. The zero-order valence-electron chi connectivity index (χ0n) is 11.5. The van der Waals surface area contributed by atoms with Gasteiger partial charge in [0.1, 0.15) is 0 Å². The van der Waals surface area contributed by atoms with Crippen molar-refractivity contribution in [2.24, 2.45) is 5.92 Å². The van der Waals surface area contributed by atoms with Gasteiger partial charge in [-0.3, -0.25) is 4.90 Å². The van der Waals surface area contributed by atoms with Gasteiger partial charge in [0.2, 0.25) is 0 Å². The van der Waals surface area contributed by atoms with Gasteiger partial charge in [-0.15, -0.1) is 6.58 Å². The molecule has 0 radical (unpaired) electrons. The first-order valence-corrected chi connectivity index (χ1v) is 7.18. The molecule has 1 fully saturated rings. The molecule has 0 amide bonds. The molecular formula is C17H25N. The normalized spacial score (nSPS) is 18.8. The Labute approximate surface area is 112 Å². The van der Waals surface area contributed by atoms with Crippen LogP contribution < -0.4 is 0 Å². The third-order valence-electron chi connectivity index (χ3n) is 4.16. The van der Waals surface area contributed by atoms with Crippen LogP contribution in [0.2, 0.25) is 0 Å². The Bertz CT molecular complexity index is 351. The second kappa shape index (κ2) is 6.75. The maximum absolute atomic E-state index is 4.06. The van der Waals surface area contributed by atoms with E-state index in [2.05, 4.69) is 54.9 Å². The molecule has 0 spiro atoms. The molecule has 2 rings (SSSR count). The number of likely N-dealkylation sites (N-methyl/N-ethyl adjacent to an activating group) is 1. The van der Waals surface area contributed by atoms with Crippen LogP contribution in [-0.4, -0.2) is 18.0 Å². The van der Waals surface area contributed by atoms with E-state index in [0.717, 1.165) is 12.5 Å². The van der Waals surface area contributed by atoms with E-state index in [0.29, 0.717) is 6.04 Å². The van der Waals surface area contributed by atoms with Gasteiger partial charge in [0.15, 0.2) is 0 Å². The van der Waals surface area contributed by atoms with E-state index in [9.17, 15) is 0 Å². The summed E-state index contributed by atoms with van der Waals surface area (Å²) in [4.78, 5) is 2.46. The van der Waals surface area contributed by atoms with E-state index < -0.39 is 0 Å². The van der Waals surface area contributed by atoms with Crippen LogP contribution in [-0.2, 0) is 6.54 Å². The molecule has 1 aliphatic carbocycles. The van der Waals surface area contributed by atoms with E-state index >= 15 is 0 Å². The number of rotatable bonds is 5. The lowest BCUT2D eigenvalue weighted by Gasteiger charge is -2.34. The summed E-state index contributed by atoms with van der Waals surface area (Å²) >= 11 is 0. The van der Waals surface area contributed by atoms with E-state index in [4.69, 9.17) is 0 Å². The van der Waals surface area contributed by atoms with Gasteiger partial charge in [-0.1, -0.05) is 55.7 Å². The van der Waals surface area contributed by atoms with Crippen molar-refractivity contribution < 1.29 is 0 Å². The minimum absolute atomic E-state index is 0.533. The zero-order valence-corrected chi connectivity index (χ0v) is 11.5. The first-order chi connectivity index (χ1) is 8.81. The van der Waals surface area contributed by atoms with Gasteiger partial charge in [0, 0.05) is 12.6 Å². The SMILES string of the molecule is C=C[C@H](C1CCCCC1)N(C)Cc1ccccc1. The molecule has 0 saturated heterocycles. The van der Waals surface area contributed by atoms with Gasteiger partial charge in [0.25, 0.3) is 0 Å². The van der Waals surface area contributed by atoms with Crippen molar-refractivity contribution in [2.45, 2.75) is 44.7 Å². The maximum Gasteiger partial charge on any atom is 0.0304 e. The van der Waals surface area contributed by atoms with Crippen LogP contribution in [0.15, 0.2) is 43.0 Å². The Morgan fingerprint density at radius 3 is 2.50 bits per heavy atom. The third-order valence-corrected chi connectivity index (χ3v) is 4.16. The molecule has 1 heteroatoms. The molecule has 98 valence electrons. The average molecular weight is 243 g/mol.